The summed E-state index contributed by atoms with van der Waals surface area (Å²) >= 11 is 0. The number of carbonyl (C=O) groups excluding carboxylic acids is 1. The molecule has 3 heterocycles. The summed E-state index contributed by atoms with van der Waals surface area (Å²) in [5.74, 6) is 0.196. The molecule has 0 radical (unpaired) electrons. The van der Waals surface area contributed by atoms with Crippen LogP contribution in [0.4, 0.5) is 0 Å². The number of likely N-dealkylation sites (tertiary alicyclic amines) is 1. The van der Waals surface area contributed by atoms with Crippen LogP contribution in [0.1, 0.15) is 37.3 Å². The van der Waals surface area contributed by atoms with Crippen LogP contribution in [0.3, 0.4) is 0 Å². The van der Waals surface area contributed by atoms with Crippen molar-refractivity contribution in [2.75, 3.05) is 32.8 Å². The second kappa shape index (κ2) is 7.21. The zero-order chi connectivity index (χ0) is 16.4. The van der Waals surface area contributed by atoms with Crippen molar-refractivity contribution in [2.24, 2.45) is 0 Å². The first-order valence-corrected chi connectivity index (χ1v) is 9.23. The first-order chi connectivity index (χ1) is 11.8. The highest BCUT2D eigenvalue weighted by Gasteiger charge is 2.38. The predicted molar refractivity (Wildman–Crippen MR) is 92.5 cm³/mol. The van der Waals surface area contributed by atoms with Gasteiger partial charge in [0.25, 0.3) is 0 Å². The Kier molecular flexibility index (Phi) is 4.83. The van der Waals surface area contributed by atoms with Gasteiger partial charge in [0.1, 0.15) is 0 Å². The van der Waals surface area contributed by atoms with Gasteiger partial charge in [0.05, 0.1) is 19.4 Å². The van der Waals surface area contributed by atoms with E-state index in [0.29, 0.717) is 18.5 Å². The molecule has 5 nitrogen and oxygen atoms in total. The summed E-state index contributed by atoms with van der Waals surface area (Å²) in [6.45, 7) is 4.55. The van der Waals surface area contributed by atoms with Gasteiger partial charge in [-0.15, -0.1) is 0 Å². The summed E-state index contributed by atoms with van der Waals surface area (Å²) in [4.78, 5) is 17.3. The first kappa shape index (κ1) is 16.1. The van der Waals surface area contributed by atoms with Gasteiger partial charge >= 0.3 is 0 Å². The molecular weight excluding hydrogens is 302 g/mol. The lowest BCUT2D eigenvalue weighted by molar-refractivity contribution is -0.129. The molecule has 0 saturated carbocycles. The van der Waals surface area contributed by atoms with Crippen LogP contribution in [0.25, 0.3) is 0 Å². The summed E-state index contributed by atoms with van der Waals surface area (Å²) < 4.78 is 5.47. The Hall–Kier alpha value is -1.43. The maximum atomic E-state index is 12.3. The Bertz CT molecular complexity index is 559. The number of nitrogens with one attached hydrogen (secondary N) is 1. The number of nitrogens with zero attached hydrogens (tertiary/aromatic N) is 2. The van der Waals surface area contributed by atoms with E-state index in [4.69, 9.17) is 4.74 Å². The van der Waals surface area contributed by atoms with E-state index in [1.165, 1.54) is 18.4 Å². The number of hydrogen-bond donors (Lipinski definition) is 1. The molecule has 0 aliphatic carbocycles. The maximum Gasteiger partial charge on any atom is 0.222 e. The van der Waals surface area contributed by atoms with Crippen molar-refractivity contribution >= 4 is 5.91 Å². The van der Waals surface area contributed by atoms with Gasteiger partial charge in [-0.05, 0) is 24.8 Å². The van der Waals surface area contributed by atoms with Crippen molar-refractivity contribution in [3.63, 3.8) is 0 Å². The number of carbonyl (C=O) groups is 1. The van der Waals surface area contributed by atoms with E-state index in [0.717, 1.165) is 39.3 Å². The molecule has 0 spiro atoms. The fraction of sp³-hybridized carbons (Fsp3) is 0.632. The fourth-order valence-corrected chi connectivity index (χ4v) is 4.49. The second-order valence-corrected chi connectivity index (χ2v) is 7.13. The topological polar surface area (TPSA) is 44.8 Å². The molecule has 3 saturated heterocycles. The minimum absolute atomic E-state index is 0.159. The van der Waals surface area contributed by atoms with Crippen molar-refractivity contribution in [1.29, 1.82) is 0 Å². The molecule has 3 atom stereocenters. The zero-order valence-electron chi connectivity index (χ0n) is 14.2. The summed E-state index contributed by atoms with van der Waals surface area (Å²) in [5, 5.41) is 3.26. The van der Waals surface area contributed by atoms with Gasteiger partial charge in [0, 0.05) is 38.1 Å². The number of piperidine rings is 1. The zero-order valence-corrected chi connectivity index (χ0v) is 14.2. The molecule has 1 aromatic rings. The fourth-order valence-electron chi connectivity index (χ4n) is 4.49. The van der Waals surface area contributed by atoms with E-state index >= 15 is 0 Å². The molecule has 3 aliphatic heterocycles. The van der Waals surface area contributed by atoms with Crippen LogP contribution in [-0.2, 0) is 9.53 Å². The maximum absolute atomic E-state index is 12.3. The molecule has 1 aromatic carbocycles. The van der Waals surface area contributed by atoms with Crippen LogP contribution < -0.4 is 5.32 Å². The van der Waals surface area contributed by atoms with E-state index in [1.54, 1.807) is 0 Å². The van der Waals surface area contributed by atoms with Gasteiger partial charge in [0.2, 0.25) is 5.91 Å². The van der Waals surface area contributed by atoms with Crippen LogP contribution in [0.5, 0.6) is 0 Å². The van der Waals surface area contributed by atoms with E-state index in [1.807, 2.05) is 0 Å². The quantitative estimate of drug-likeness (QED) is 0.918. The summed E-state index contributed by atoms with van der Waals surface area (Å²) in [7, 11) is 0. The van der Waals surface area contributed by atoms with Gasteiger partial charge < -0.3 is 10.1 Å². The van der Waals surface area contributed by atoms with Gasteiger partial charge in [-0.25, -0.2) is 0 Å². The van der Waals surface area contributed by atoms with Crippen molar-refractivity contribution in [1.82, 2.24) is 15.1 Å². The van der Waals surface area contributed by atoms with E-state index in [9.17, 15) is 4.79 Å². The summed E-state index contributed by atoms with van der Waals surface area (Å²) in [5.41, 5.74) is 1.37. The molecule has 3 aliphatic rings. The monoisotopic (exact) mass is 329 g/mol. The molecule has 24 heavy (non-hydrogen) atoms. The SMILES string of the molecule is O=C1CC(N2CCOCC2)CC(N2CCC[C@@H]2c2ccccc2)N1. The molecule has 1 amide bonds. The van der Waals surface area contributed by atoms with Gasteiger partial charge in [-0.1, -0.05) is 30.3 Å². The van der Waals surface area contributed by atoms with Crippen molar-refractivity contribution < 1.29 is 9.53 Å². The number of ether oxygens (including phenoxy) is 1. The molecule has 130 valence electrons. The lowest BCUT2D eigenvalue weighted by Gasteiger charge is -2.43. The normalized spacial score (nSPS) is 32.7. The third kappa shape index (κ3) is 3.34. The molecule has 4 rings (SSSR count). The van der Waals surface area contributed by atoms with E-state index in [-0.39, 0.29) is 12.1 Å². The highest BCUT2D eigenvalue weighted by atomic mass is 16.5. The van der Waals surface area contributed by atoms with Crippen LogP contribution >= 0.6 is 0 Å². The molecule has 2 unspecified atom stereocenters. The number of amides is 1. The third-order valence-corrected chi connectivity index (χ3v) is 5.68. The summed E-state index contributed by atoms with van der Waals surface area (Å²) in [6.07, 6.45) is 4.19. The Morgan fingerprint density at radius 1 is 1.08 bits per heavy atom. The van der Waals surface area contributed by atoms with Gasteiger partial charge in [-0.2, -0.15) is 0 Å². The number of benzene rings is 1. The summed E-state index contributed by atoms with van der Waals surface area (Å²) in [6, 6.07) is 11.5. The van der Waals surface area contributed by atoms with Crippen molar-refractivity contribution in [3.05, 3.63) is 35.9 Å². The van der Waals surface area contributed by atoms with Gasteiger partial charge in [-0.3, -0.25) is 14.6 Å². The van der Waals surface area contributed by atoms with Crippen LogP contribution in [0.15, 0.2) is 30.3 Å². The Balaban J connectivity index is 1.48. The molecule has 0 bridgehead atoms. The highest BCUT2D eigenvalue weighted by Crippen LogP contribution is 2.35. The average molecular weight is 329 g/mol. The number of hydrogen-bond acceptors (Lipinski definition) is 4. The Labute approximate surface area is 144 Å². The minimum atomic E-state index is 0.159. The first-order valence-electron chi connectivity index (χ1n) is 9.23. The number of morpholine rings is 1. The minimum Gasteiger partial charge on any atom is -0.379 e. The van der Waals surface area contributed by atoms with Crippen molar-refractivity contribution in [3.8, 4) is 0 Å². The second-order valence-electron chi connectivity index (χ2n) is 7.13. The average Bonchev–Trinajstić information content (AvgIpc) is 3.12. The lowest BCUT2D eigenvalue weighted by atomic mass is 9.98. The third-order valence-electron chi connectivity index (χ3n) is 5.68. The smallest absolute Gasteiger partial charge is 0.222 e. The van der Waals surface area contributed by atoms with Crippen LogP contribution in [0, 0.1) is 0 Å². The molecule has 5 heteroatoms. The molecule has 0 aromatic heterocycles. The Morgan fingerprint density at radius 3 is 2.67 bits per heavy atom. The highest BCUT2D eigenvalue weighted by molar-refractivity contribution is 5.77. The van der Waals surface area contributed by atoms with Crippen LogP contribution in [-0.4, -0.2) is 60.8 Å². The molecular formula is C19H27N3O2. The molecule has 3 fully saturated rings. The van der Waals surface area contributed by atoms with E-state index < -0.39 is 0 Å². The standard InChI is InChI=1S/C19H27N3O2/c23-19-14-16(21-9-11-24-12-10-21)13-18(20-19)22-8-4-7-17(22)15-5-2-1-3-6-15/h1-3,5-6,16-18H,4,7-14H2,(H,20,23)/t16?,17-,18?/m1/s1. The van der Waals surface area contributed by atoms with Gasteiger partial charge in [0.15, 0.2) is 0 Å². The number of rotatable bonds is 3. The lowest BCUT2D eigenvalue weighted by Crippen LogP contribution is -2.58. The Morgan fingerprint density at radius 2 is 1.88 bits per heavy atom. The predicted octanol–water partition coefficient (Wildman–Crippen LogP) is 1.76. The van der Waals surface area contributed by atoms with Crippen LogP contribution in [0.2, 0.25) is 0 Å². The van der Waals surface area contributed by atoms with E-state index in [2.05, 4.69) is 45.4 Å². The largest absolute Gasteiger partial charge is 0.379 e. The van der Waals surface area contributed by atoms with Crippen molar-refractivity contribution in [2.45, 2.75) is 43.9 Å². The molecule has 1 N–H and O–H groups in total.